The van der Waals surface area contributed by atoms with Crippen LogP contribution in [-0.4, -0.2) is 54.6 Å². The van der Waals surface area contributed by atoms with Crippen LogP contribution >= 0.6 is 0 Å². The first-order valence-electron chi connectivity index (χ1n) is 10.7. The Kier molecular flexibility index (Phi) is 8.03. The van der Waals surface area contributed by atoms with Gasteiger partial charge in [0.05, 0.1) is 25.7 Å². The van der Waals surface area contributed by atoms with Gasteiger partial charge >= 0.3 is 6.09 Å². The molecule has 2 heterocycles. The van der Waals surface area contributed by atoms with E-state index in [1.165, 1.54) is 14.0 Å². The van der Waals surface area contributed by atoms with Crippen LogP contribution in [0, 0.1) is 5.92 Å². The summed E-state index contributed by atoms with van der Waals surface area (Å²) >= 11 is 0. The molecule has 0 aromatic carbocycles. The van der Waals surface area contributed by atoms with Crippen LogP contribution < -0.4 is 26.2 Å². The van der Waals surface area contributed by atoms with Crippen LogP contribution in [0.15, 0.2) is 18.3 Å². The van der Waals surface area contributed by atoms with Gasteiger partial charge in [0.15, 0.2) is 0 Å². The minimum atomic E-state index is -1.13. The maximum Gasteiger partial charge on any atom is 0.407 e. The third-order valence-electron chi connectivity index (χ3n) is 5.94. The van der Waals surface area contributed by atoms with Gasteiger partial charge < -0.3 is 20.1 Å². The van der Waals surface area contributed by atoms with Gasteiger partial charge in [-0.1, -0.05) is 0 Å². The zero-order valence-electron chi connectivity index (χ0n) is 18.2. The van der Waals surface area contributed by atoms with Crippen molar-refractivity contribution in [3.63, 3.8) is 0 Å². The number of carbonyl (C=O) groups excluding carboxylic acids is 2. The highest BCUT2D eigenvalue weighted by molar-refractivity contribution is 5.78. The Labute approximate surface area is 181 Å². The first-order valence-corrected chi connectivity index (χ1v) is 10.7. The molecule has 1 aromatic rings. The molecule has 172 valence electrons. The molecule has 0 spiro atoms. The molecule has 0 bridgehead atoms. The molecule has 1 aliphatic carbocycles. The van der Waals surface area contributed by atoms with E-state index in [9.17, 15) is 14.0 Å². The Morgan fingerprint density at radius 2 is 2.10 bits per heavy atom. The Morgan fingerprint density at radius 1 is 1.29 bits per heavy atom. The molecule has 2 amide bonds. The fraction of sp³-hybridized carbons (Fsp3) is 0.667. The summed E-state index contributed by atoms with van der Waals surface area (Å²) in [4.78, 5) is 28.3. The van der Waals surface area contributed by atoms with Crippen LogP contribution in [0.5, 0.6) is 5.88 Å². The number of hydrogen-bond acceptors (Lipinski definition) is 7. The summed E-state index contributed by atoms with van der Waals surface area (Å²) in [6.45, 7) is 3.01. The SMILES string of the molecule is COc1cc(CC(=O)NC2CC([C@H]3CC[C@@H](OC(=O)N[C@@H](C)[C@H](C)F)C3)NN2)ccn1. The van der Waals surface area contributed by atoms with Crippen LogP contribution in [-0.2, 0) is 16.0 Å². The summed E-state index contributed by atoms with van der Waals surface area (Å²) in [5.74, 6) is 0.717. The molecule has 1 aromatic heterocycles. The van der Waals surface area contributed by atoms with E-state index >= 15 is 0 Å². The van der Waals surface area contributed by atoms with E-state index in [0.717, 1.165) is 31.2 Å². The lowest BCUT2D eigenvalue weighted by molar-refractivity contribution is -0.121. The van der Waals surface area contributed by atoms with Crippen molar-refractivity contribution in [2.75, 3.05) is 7.11 Å². The molecule has 2 fully saturated rings. The molecule has 10 heteroatoms. The first-order chi connectivity index (χ1) is 14.8. The Hall–Kier alpha value is -2.46. The summed E-state index contributed by atoms with van der Waals surface area (Å²) in [6, 6.07) is 3.12. The van der Waals surface area contributed by atoms with Crippen molar-refractivity contribution in [1.29, 1.82) is 0 Å². The molecular weight excluding hydrogens is 405 g/mol. The predicted octanol–water partition coefficient (Wildman–Crippen LogP) is 1.58. The number of alkyl halides is 1. The van der Waals surface area contributed by atoms with Crippen molar-refractivity contribution in [2.24, 2.45) is 5.92 Å². The van der Waals surface area contributed by atoms with E-state index in [1.54, 1.807) is 25.3 Å². The van der Waals surface area contributed by atoms with Gasteiger partial charge in [-0.05, 0) is 57.1 Å². The average molecular weight is 438 g/mol. The maximum absolute atomic E-state index is 13.2. The predicted molar refractivity (Wildman–Crippen MR) is 112 cm³/mol. The van der Waals surface area contributed by atoms with E-state index in [4.69, 9.17) is 9.47 Å². The van der Waals surface area contributed by atoms with E-state index < -0.39 is 18.3 Å². The minimum absolute atomic E-state index is 0.0892. The van der Waals surface area contributed by atoms with E-state index in [2.05, 4.69) is 26.5 Å². The maximum atomic E-state index is 13.2. The normalized spacial score (nSPS) is 27.4. The van der Waals surface area contributed by atoms with Crippen LogP contribution in [0.4, 0.5) is 9.18 Å². The molecule has 9 nitrogen and oxygen atoms in total. The number of nitrogens with zero attached hydrogens (tertiary/aromatic N) is 1. The van der Waals surface area contributed by atoms with Crippen molar-refractivity contribution in [1.82, 2.24) is 26.5 Å². The lowest BCUT2D eigenvalue weighted by atomic mass is 9.96. The Balaban J connectivity index is 1.39. The van der Waals surface area contributed by atoms with Gasteiger partial charge in [0, 0.05) is 18.3 Å². The van der Waals surface area contributed by atoms with Gasteiger partial charge in [-0.3, -0.25) is 10.2 Å². The number of alkyl carbamates (subject to hydrolysis) is 1. The van der Waals surface area contributed by atoms with Gasteiger partial charge in [-0.25, -0.2) is 19.6 Å². The molecule has 3 rings (SSSR count). The topological polar surface area (TPSA) is 114 Å². The summed E-state index contributed by atoms with van der Waals surface area (Å²) < 4.78 is 23.7. The zero-order valence-corrected chi connectivity index (χ0v) is 18.2. The number of nitrogens with one attached hydrogen (secondary N) is 4. The van der Waals surface area contributed by atoms with E-state index in [0.29, 0.717) is 11.8 Å². The molecule has 6 atom stereocenters. The summed E-state index contributed by atoms with van der Waals surface area (Å²) in [5, 5.41) is 5.51. The summed E-state index contributed by atoms with van der Waals surface area (Å²) in [5.41, 5.74) is 7.22. The lowest BCUT2D eigenvalue weighted by Gasteiger charge is -2.19. The van der Waals surface area contributed by atoms with Gasteiger partial charge in [0.25, 0.3) is 0 Å². The molecule has 1 saturated carbocycles. The number of aromatic nitrogens is 1. The van der Waals surface area contributed by atoms with E-state index in [-0.39, 0.29) is 30.6 Å². The number of hydrazine groups is 1. The van der Waals surface area contributed by atoms with Crippen molar-refractivity contribution < 1.29 is 23.5 Å². The highest BCUT2D eigenvalue weighted by Gasteiger charge is 2.37. The lowest BCUT2D eigenvalue weighted by Crippen LogP contribution is -2.45. The fourth-order valence-corrected chi connectivity index (χ4v) is 4.02. The number of rotatable bonds is 8. The highest BCUT2D eigenvalue weighted by atomic mass is 19.1. The number of amides is 2. The number of methoxy groups -OCH3 is 1. The second-order valence-electron chi connectivity index (χ2n) is 8.35. The smallest absolute Gasteiger partial charge is 0.407 e. The Morgan fingerprint density at radius 3 is 2.84 bits per heavy atom. The second kappa shape index (κ2) is 10.7. The zero-order chi connectivity index (χ0) is 22.4. The summed E-state index contributed by atoms with van der Waals surface area (Å²) in [7, 11) is 1.54. The van der Waals surface area contributed by atoms with Crippen molar-refractivity contribution >= 4 is 12.0 Å². The van der Waals surface area contributed by atoms with Crippen LogP contribution in [0.1, 0.15) is 45.1 Å². The van der Waals surface area contributed by atoms with Crippen molar-refractivity contribution in [3.8, 4) is 5.88 Å². The standard InChI is InChI=1S/C21H32FN5O4/c1-12(22)13(2)24-21(29)31-16-5-4-15(10-16)17-11-18(27-26-17)25-19(28)8-14-6-7-23-20(9-14)30-3/h6-7,9,12-13,15-18,26-27H,4-5,8,10-11H2,1-3H3,(H,24,29)(H,25,28)/t12-,13-,15-,16+,17?,18?/m0/s1. The molecule has 31 heavy (non-hydrogen) atoms. The largest absolute Gasteiger partial charge is 0.481 e. The van der Waals surface area contributed by atoms with Crippen LogP contribution in [0.2, 0.25) is 0 Å². The quantitative estimate of drug-likeness (QED) is 0.488. The number of pyridine rings is 1. The average Bonchev–Trinajstić information content (AvgIpc) is 3.37. The number of halogens is 1. The fourth-order valence-electron chi connectivity index (χ4n) is 4.02. The molecule has 0 radical (unpaired) electrons. The van der Waals surface area contributed by atoms with Gasteiger partial charge in [0.2, 0.25) is 11.8 Å². The van der Waals surface area contributed by atoms with E-state index in [1.807, 2.05) is 0 Å². The summed E-state index contributed by atoms with van der Waals surface area (Å²) in [6.07, 6.45) is 2.98. The molecule has 4 N–H and O–H groups in total. The first kappa shape index (κ1) is 23.2. The molecular formula is C21H32FN5O4. The molecule has 1 aliphatic heterocycles. The van der Waals surface area contributed by atoms with Crippen molar-refractivity contribution in [3.05, 3.63) is 23.9 Å². The molecule has 2 aliphatic rings. The van der Waals surface area contributed by atoms with Gasteiger partial charge in [0.1, 0.15) is 12.3 Å². The number of hydrogen-bond donors (Lipinski definition) is 4. The molecule has 1 saturated heterocycles. The van der Waals surface area contributed by atoms with Crippen LogP contribution in [0.3, 0.4) is 0 Å². The third kappa shape index (κ3) is 6.76. The van der Waals surface area contributed by atoms with Crippen molar-refractivity contribution in [2.45, 2.75) is 76.5 Å². The Bertz CT molecular complexity index is 765. The highest BCUT2D eigenvalue weighted by Crippen LogP contribution is 2.33. The number of ether oxygens (including phenoxy) is 2. The minimum Gasteiger partial charge on any atom is -0.481 e. The molecule has 2 unspecified atom stereocenters. The third-order valence-corrected chi connectivity index (χ3v) is 5.94. The van der Waals surface area contributed by atoms with Crippen LogP contribution in [0.25, 0.3) is 0 Å². The monoisotopic (exact) mass is 437 g/mol. The van der Waals surface area contributed by atoms with Gasteiger partial charge in [-0.2, -0.15) is 0 Å². The number of carbonyl (C=O) groups is 2. The van der Waals surface area contributed by atoms with Gasteiger partial charge in [-0.15, -0.1) is 0 Å². The second-order valence-corrected chi connectivity index (χ2v) is 8.35.